The lowest BCUT2D eigenvalue weighted by Crippen LogP contribution is -2.24. The van der Waals surface area contributed by atoms with Crippen molar-refractivity contribution in [3.63, 3.8) is 0 Å². The van der Waals surface area contributed by atoms with Gasteiger partial charge in [0.1, 0.15) is 12.4 Å². The van der Waals surface area contributed by atoms with Gasteiger partial charge in [0.2, 0.25) is 5.91 Å². The molecule has 1 amide bonds. The monoisotopic (exact) mass is 458 g/mol. The molecule has 0 aliphatic rings. The lowest BCUT2D eigenvalue weighted by molar-refractivity contribution is -0.116. The minimum absolute atomic E-state index is 0.00610. The topological polar surface area (TPSA) is 81.3 Å². The lowest BCUT2D eigenvalue weighted by atomic mass is 10.0. The van der Waals surface area contributed by atoms with Crippen molar-refractivity contribution in [2.24, 2.45) is 0 Å². The van der Waals surface area contributed by atoms with Gasteiger partial charge in [0, 0.05) is 16.3 Å². The first-order valence-electron chi connectivity index (χ1n) is 9.01. The summed E-state index contributed by atoms with van der Waals surface area (Å²) < 4.78 is 20.3. The standard InChI is InChI=1S/C22H13Cl2FN2O4/c23-12-5-7-13(8-6-12)26-20(28)11-27-18-10-16(24)15(9-19(18)31-22(27)30)21(29)14-3-1-2-4-17(14)25/h1-10H,11H2,(H,26,28). The number of carbonyl (C=O) groups is 2. The highest BCUT2D eigenvalue weighted by Gasteiger charge is 2.21. The number of halogens is 3. The van der Waals surface area contributed by atoms with Crippen LogP contribution < -0.4 is 11.1 Å². The molecule has 0 saturated carbocycles. The minimum Gasteiger partial charge on any atom is -0.408 e. The van der Waals surface area contributed by atoms with Crippen LogP contribution in [-0.2, 0) is 11.3 Å². The summed E-state index contributed by atoms with van der Waals surface area (Å²) in [5.74, 6) is -2.62. The van der Waals surface area contributed by atoms with Crippen LogP contribution in [0, 0.1) is 5.82 Å². The molecule has 4 rings (SSSR count). The van der Waals surface area contributed by atoms with E-state index in [2.05, 4.69) is 5.32 Å². The lowest BCUT2D eigenvalue weighted by Gasteiger charge is -2.07. The van der Waals surface area contributed by atoms with Crippen LogP contribution in [0.1, 0.15) is 15.9 Å². The van der Waals surface area contributed by atoms with E-state index in [1.807, 2.05) is 0 Å². The highest BCUT2D eigenvalue weighted by Crippen LogP contribution is 2.27. The van der Waals surface area contributed by atoms with Gasteiger partial charge in [-0.3, -0.25) is 14.2 Å². The summed E-state index contributed by atoms with van der Waals surface area (Å²) >= 11 is 12.1. The summed E-state index contributed by atoms with van der Waals surface area (Å²) in [6.07, 6.45) is 0. The molecule has 1 heterocycles. The number of fused-ring (bicyclic) bond motifs is 1. The van der Waals surface area contributed by atoms with Crippen LogP contribution in [0.4, 0.5) is 10.1 Å². The van der Waals surface area contributed by atoms with Crippen LogP contribution in [0.3, 0.4) is 0 Å². The summed E-state index contributed by atoms with van der Waals surface area (Å²) in [5, 5.41) is 3.16. The fraction of sp³-hybridized carbons (Fsp3) is 0.0455. The van der Waals surface area contributed by atoms with Crippen LogP contribution in [0.15, 0.2) is 69.9 Å². The average molecular weight is 459 g/mol. The molecule has 0 atom stereocenters. The maximum absolute atomic E-state index is 14.0. The Morgan fingerprint density at radius 2 is 1.71 bits per heavy atom. The van der Waals surface area contributed by atoms with Crippen LogP contribution >= 0.6 is 23.2 Å². The van der Waals surface area contributed by atoms with Crippen molar-refractivity contribution in [2.75, 3.05) is 5.32 Å². The SMILES string of the molecule is O=C(Cn1c(=O)oc2cc(C(=O)c3ccccc3F)c(Cl)cc21)Nc1ccc(Cl)cc1. The molecule has 3 aromatic carbocycles. The van der Waals surface area contributed by atoms with Gasteiger partial charge in [0.15, 0.2) is 11.4 Å². The largest absolute Gasteiger partial charge is 0.420 e. The first kappa shape index (κ1) is 20.8. The Labute approximate surface area is 184 Å². The smallest absolute Gasteiger partial charge is 0.408 e. The Hall–Kier alpha value is -3.42. The Kier molecular flexibility index (Phi) is 5.63. The Morgan fingerprint density at radius 3 is 2.42 bits per heavy atom. The highest BCUT2D eigenvalue weighted by molar-refractivity contribution is 6.35. The van der Waals surface area contributed by atoms with E-state index in [4.69, 9.17) is 27.6 Å². The average Bonchev–Trinajstić information content (AvgIpc) is 3.03. The molecule has 0 spiro atoms. The quantitative estimate of drug-likeness (QED) is 0.430. The van der Waals surface area contributed by atoms with Gasteiger partial charge in [-0.25, -0.2) is 9.18 Å². The zero-order valence-corrected chi connectivity index (χ0v) is 17.2. The highest BCUT2D eigenvalue weighted by atomic mass is 35.5. The molecule has 0 fully saturated rings. The molecule has 0 unspecified atom stereocenters. The van der Waals surface area contributed by atoms with Crippen molar-refractivity contribution in [1.82, 2.24) is 4.57 Å². The number of oxazole rings is 1. The van der Waals surface area contributed by atoms with Gasteiger partial charge in [-0.2, -0.15) is 0 Å². The van der Waals surface area contributed by atoms with E-state index in [-0.39, 0.29) is 33.8 Å². The molecule has 0 bridgehead atoms. The predicted octanol–water partition coefficient (Wildman–Crippen LogP) is 4.91. The minimum atomic E-state index is -0.798. The molecule has 0 radical (unpaired) electrons. The van der Waals surface area contributed by atoms with E-state index < -0.39 is 23.3 Å². The predicted molar refractivity (Wildman–Crippen MR) is 115 cm³/mol. The third kappa shape index (κ3) is 4.23. The van der Waals surface area contributed by atoms with Crippen LogP contribution in [-0.4, -0.2) is 16.3 Å². The van der Waals surface area contributed by atoms with Crippen molar-refractivity contribution in [2.45, 2.75) is 6.54 Å². The second-order valence-electron chi connectivity index (χ2n) is 6.62. The first-order chi connectivity index (χ1) is 14.8. The Bertz CT molecular complexity index is 1380. The van der Waals surface area contributed by atoms with Gasteiger partial charge in [0.05, 0.1) is 16.1 Å². The molecular weight excluding hydrogens is 446 g/mol. The number of benzene rings is 3. The molecule has 156 valence electrons. The number of carbonyl (C=O) groups excluding carboxylic acids is 2. The fourth-order valence-corrected chi connectivity index (χ4v) is 3.44. The molecule has 1 aromatic heterocycles. The van der Waals surface area contributed by atoms with Crippen molar-refractivity contribution in [3.8, 4) is 0 Å². The van der Waals surface area contributed by atoms with Crippen molar-refractivity contribution in [3.05, 3.63) is 98.2 Å². The third-order valence-electron chi connectivity index (χ3n) is 4.55. The van der Waals surface area contributed by atoms with Crippen LogP contribution in [0.2, 0.25) is 10.0 Å². The van der Waals surface area contributed by atoms with E-state index in [0.29, 0.717) is 10.7 Å². The number of hydrogen-bond donors (Lipinski definition) is 1. The van der Waals surface area contributed by atoms with E-state index >= 15 is 0 Å². The number of amides is 1. The van der Waals surface area contributed by atoms with Crippen molar-refractivity contribution < 1.29 is 18.4 Å². The number of ketones is 1. The molecular formula is C22H13Cl2FN2O4. The van der Waals surface area contributed by atoms with E-state index in [0.717, 1.165) is 10.6 Å². The van der Waals surface area contributed by atoms with Gasteiger partial charge >= 0.3 is 5.76 Å². The maximum Gasteiger partial charge on any atom is 0.420 e. The molecule has 9 heteroatoms. The summed E-state index contributed by atoms with van der Waals surface area (Å²) in [6, 6.07) is 14.6. The Morgan fingerprint density at radius 1 is 1.00 bits per heavy atom. The van der Waals surface area contributed by atoms with Gasteiger partial charge < -0.3 is 9.73 Å². The molecule has 0 aliphatic heterocycles. The molecule has 31 heavy (non-hydrogen) atoms. The first-order valence-corrected chi connectivity index (χ1v) is 9.76. The van der Waals surface area contributed by atoms with Gasteiger partial charge in [-0.1, -0.05) is 35.3 Å². The van der Waals surface area contributed by atoms with Gasteiger partial charge in [0.25, 0.3) is 0 Å². The van der Waals surface area contributed by atoms with E-state index in [1.165, 1.54) is 30.3 Å². The maximum atomic E-state index is 14.0. The molecule has 6 nitrogen and oxygen atoms in total. The number of nitrogens with zero attached hydrogens (tertiary/aromatic N) is 1. The summed E-state index contributed by atoms with van der Waals surface area (Å²) in [5.41, 5.74) is 0.601. The normalized spacial score (nSPS) is 10.9. The summed E-state index contributed by atoms with van der Waals surface area (Å²) in [7, 11) is 0. The molecule has 0 aliphatic carbocycles. The Balaban J connectivity index is 1.65. The van der Waals surface area contributed by atoms with Gasteiger partial charge in [-0.05, 0) is 48.5 Å². The number of anilines is 1. The van der Waals surface area contributed by atoms with Crippen LogP contribution in [0.25, 0.3) is 11.1 Å². The van der Waals surface area contributed by atoms with Crippen molar-refractivity contribution >= 4 is 51.7 Å². The number of aromatic nitrogens is 1. The molecule has 4 aromatic rings. The third-order valence-corrected chi connectivity index (χ3v) is 5.11. The number of rotatable bonds is 5. The molecule has 1 N–H and O–H groups in total. The summed E-state index contributed by atoms with van der Waals surface area (Å²) in [4.78, 5) is 37.4. The van der Waals surface area contributed by atoms with Crippen molar-refractivity contribution in [1.29, 1.82) is 0 Å². The summed E-state index contributed by atoms with van der Waals surface area (Å²) in [6.45, 7) is -0.342. The van der Waals surface area contributed by atoms with E-state index in [9.17, 15) is 18.8 Å². The number of nitrogens with one attached hydrogen (secondary N) is 1. The van der Waals surface area contributed by atoms with Gasteiger partial charge in [-0.15, -0.1) is 0 Å². The number of hydrogen-bond acceptors (Lipinski definition) is 4. The second-order valence-corrected chi connectivity index (χ2v) is 7.46. The second kappa shape index (κ2) is 8.37. The van der Waals surface area contributed by atoms with Crippen LogP contribution in [0.5, 0.6) is 0 Å². The molecule has 0 saturated heterocycles. The zero-order chi connectivity index (χ0) is 22.1. The zero-order valence-electron chi connectivity index (χ0n) is 15.7. The fourth-order valence-electron chi connectivity index (χ4n) is 3.07. The van der Waals surface area contributed by atoms with E-state index in [1.54, 1.807) is 24.3 Å².